The van der Waals surface area contributed by atoms with Gasteiger partial charge in [0.15, 0.2) is 0 Å². The number of hydrogen-bond donors (Lipinski definition) is 2. The van der Waals surface area contributed by atoms with E-state index in [4.69, 9.17) is 5.73 Å². The Kier molecular flexibility index (Phi) is 4.26. The highest BCUT2D eigenvalue weighted by Crippen LogP contribution is 2.07. The van der Waals surface area contributed by atoms with Gasteiger partial charge in [-0.25, -0.2) is 10.2 Å². The largest absolute Gasteiger partial charge is 0.350 e. The fourth-order valence-corrected chi connectivity index (χ4v) is 1.37. The Bertz CT molecular complexity index is 355. The summed E-state index contributed by atoms with van der Waals surface area (Å²) in [6.45, 7) is 1.77. The number of carbonyl (C=O) groups excluding carboxylic acids is 1. The maximum atomic E-state index is 10.6. The van der Waals surface area contributed by atoms with E-state index in [9.17, 15) is 9.70 Å². The van der Waals surface area contributed by atoms with Crippen LogP contribution in [0.1, 0.15) is 12.5 Å². The molecule has 0 spiro atoms. The Labute approximate surface area is 93.3 Å². The molecule has 1 aromatic carbocycles. The number of hydrogen-bond acceptors (Lipinski definition) is 3. The molecule has 6 nitrogen and oxygen atoms in total. The van der Waals surface area contributed by atoms with E-state index >= 15 is 0 Å². The van der Waals surface area contributed by atoms with Gasteiger partial charge in [0, 0.05) is 0 Å². The average molecular weight is 222 g/mol. The van der Waals surface area contributed by atoms with Gasteiger partial charge in [0.05, 0.1) is 11.3 Å². The third-order valence-corrected chi connectivity index (χ3v) is 2.10. The molecule has 16 heavy (non-hydrogen) atoms. The lowest BCUT2D eigenvalue weighted by Gasteiger charge is -2.22. The number of amides is 2. The van der Waals surface area contributed by atoms with Gasteiger partial charge in [-0.3, -0.25) is 0 Å². The van der Waals surface area contributed by atoms with Crippen LogP contribution in [0.2, 0.25) is 0 Å². The van der Waals surface area contributed by atoms with E-state index in [1.807, 2.05) is 30.3 Å². The van der Waals surface area contributed by atoms with Crippen LogP contribution in [0.5, 0.6) is 0 Å². The Hall–Kier alpha value is -2.11. The van der Waals surface area contributed by atoms with Crippen molar-refractivity contribution < 1.29 is 4.79 Å². The normalized spacial score (nSPS) is 11.6. The molecule has 2 amide bonds. The number of hydrazine groups is 1. The molecule has 1 atom stereocenters. The number of nitrogens with one attached hydrogen (secondary N) is 1. The Morgan fingerprint density at radius 3 is 2.62 bits per heavy atom. The second-order valence-corrected chi connectivity index (χ2v) is 3.44. The molecule has 0 heterocycles. The third kappa shape index (κ3) is 3.56. The quantitative estimate of drug-likeness (QED) is 0.579. The van der Waals surface area contributed by atoms with E-state index in [0.29, 0.717) is 6.42 Å². The van der Waals surface area contributed by atoms with Gasteiger partial charge in [0.1, 0.15) is 0 Å². The standard InChI is InChI=1S/C10H14N4O2/c1-8(14(13-16)12-10(11)15)7-9-5-3-2-4-6-9/h2-6,8H,7H2,1H3,(H3,11,12,15). The molecule has 86 valence electrons. The van der Waals surface area contributed by atoms with Crippen molar-refractivity contribution in [3.63, 3.8) is 0 Å². The second kappa shape index (κ2) is 5.69. The Morgan fingerprint density at radius 1 is 1.50 bits per heavy atom. The zero-order valence-electron chi connectivity index (χ0n) is 8.96. The lowest BCUT2D eigenvalue weighted by Crippen LogP contribution is -2.46. The minimum atomic E-state index is -0.806. The van der Waals surface area contributed by atoms with Gasteiger partial charge in [-0.15, -0.1) is 4.91 Å². The molecular formula is C10H14N4O2. The molecule has 6 heteroatoms. The minimum absolute atomic E-state index is 0.257. The summed E-state index contributed by atoms with van der Waals surface area (Å²) >= 11 is 0. The van der Waals surface area contributed by atoms with Crippen molar-refractivity contribution in [3.05, 3.63) is 40.8 Å². The van der Waals surface area contributed by atoms with Crippen molar-refractivity contribution in [2.75, 3.05) is 0 Å². The molecule has 0 saturated heterocycles. The number of rotatable bonds is 5. The number of nitrogens with two attached hydrogens (primary N) is 1. The van der Waals surface area contributed by atoms with Crippen LogP contribution >= 0.6 is 0 Å². The molecule has 1 rings (SSSR count). The first-order valence-corrected chi connectivity index (χ1v) is 4.86. The van der Waals surface area contributed by atoms with Crippen molar-refractivity contribution in [1.29, 1.82) is 0 Å². The summed E-state index contributed by atoms with van der Waals surface area (Å²) in [4.78, 5) is 21.1. The van der Waals surface area contributed by atoms with Crippen molar-refractivity contribution in [1.82, 2.24) is 10.5 Å². The predicted octanol–water partition coefficient (Wildman–Crippen LogP) is 1.18. The predicted molar refractivity (Wildman–Crippen MR) is 60.0 cm³/mol. The van der Waals surface area contributed by atoms with E-state index in [1.165, 1.54) is 0 Å². The molecule has 0 aliphatic rings. The van der Waals surface area contributed by atoms with Gasteiger partial charge in [0.2, 0.25) is 0 Å². The maximum Gasteiger partial charge on any atom is 0.332 e. The van der Waals surface area contributed by atoms with Gasteiger partial charge in [-0.05, 0) is 18.9 Å². The van der Waals surface area contributed by atoms with Crippen molar-refractivity contribution in [2.24, 2.45) is 11.0 Å². The van der Waals surface area contributed by atoms with Crippen molar-refractivity contribution in [2.45, 2.75) is 19.4 Å². The molecule has 0 aromatic heterocycles. The summed E-state index contributed by atoms with van der Waals surface area (Å²) in [7, 11) is 0. The van der Waals surface area contributed by atoms with Crippen LogP contribution in [-0.2, 0) is 6.42 Å². The van der Waals surface area contributed by atoms with E-state index < -0.39 is 6.03 Å². The monoisotopic (exact) mass is 222 g/mol. The molecule has 0 fully saturated rings. The van der Waals surface area contributed by atoms with E-state index in [0.717, 1.165) is 10.7 Å². The highest BCUT2D eigenvalue weighted by Gasteiger charge is 2.14. The summed E-state index contributed by atoms with van der Waals surface area (Å²) in [5, 5.41) is 3.61. The zero-order chi connectivity index (χ0) is 12.0. The molecular weight excluding hydrogens is 208 g/mol. The molecule has 0 saturated carbocycles. The molecule has 3 N–H and O–H groups in total. The number of urea groups is 1. The fraction of sp³-hybridized carbons (Fsp3) is 0.300. The van der Waals surface area contributed by atoms with Gasteiger partial charge in [0.25, 0.3) is 0 Å². The molecule has 1 unspecified atom stereocenters. The Morgan fingerprint density at radius 2 is 2.12 bits per heavy atom. The number of benzene rings is 1. The molecule has 0 aliphatic heterocycles. The Balaban J connectivity index is 2.59. The molecule has 0 radical (unpaired) electrons. The highest BCUT2D eigenvalue weighted by molar-refractivity contribution is 5.70. The first-order valence-electron chi connectivity index (χ1n) is 4.86. The highest BCUT2D eigenvalue weighted by atomic mass is 16.3. The van der Waals surface area contributed by atoms with Crippen molar-refractivity contribution in [3.8, 4) is 0 Å². The van der Waals surface area contributed by atoms with Crippen LogP contribution < -0.4 is 11.2 Å². The van der Waals surface area contributed by atoms with E-state index in [1.54, 1.807) is 6.92 Å². The van der Waals surface area contributed by atoms with Gasteiger partial charge < -0.3 is 5.73 Å². The van der Waals surface area contributed by atoms with Gasteiger partial charge in [-0.2, -0.15) is 5.12 Å². The SMILES string of the molecule is CC(Cc1ccccc1)N(N=O)NC(N)=O. The van der Waals surface area contributed by atoms with E-state index in [-0.39, 0.29) is 6.04 Å². The van der Waals surface area contributed by atoms with Crippen LogP contribution in [0.4, 0.5) is 4.79 Å². The zero-order valence-corrected chi connectivity index (χ0v) is 8.96. The third-order valence-electron chi connectivity index (χ3n) is 2.10. The molecule has 0 bridgehead atoms. The number of primary amides is 1. The first kappa shape index (κ1) is 12.0. The van der Waals surface area contributed by atoms with Crippen LogP contribution in [0.3, 0.4) is 0 Å². The number of nitroso groups, excluding NO2 is 1. The summed E-state index contributed by atoms with van der Waals surface area (Å²) in [5.74, 6) is 0. The number of nitrogens with zero attached hydrogens (tertiary/aromatic N) is 2. The van der Waals surface area contributed by atoms with Crippen LogP contribution in [0.25, 0.3) is 0 Å². The van der Waals surface area contributed by atoms with Gasteiger partial charge >= 0.3 is 6.03 Å². The molecule has 0 aliphatic carbocycles. The summed E-state index contributed by atoms with van der Waals surface area (Å²) < 4.78 is 0. The van der Waals surface area contributed by atoms with Crippen LogP contribution in [0.15, 0.2) is 35.6 Å². The maximum absolute atomic E-state index is 10.6. The number of carbonyl (C=O) groups is 1. The summed E-state index contributed by atoms with van der Waals surface area (Å²) in [6, 6.07) is 8.52. The summed E-state index contributed by atoms with van der Waals surface area (Å²) in [6.07, 6.45) is 0.590. The fourth-order valence-electron chi connectivity index (χ4n) is 1.37. The first-order chi connectivity index (χ1) is 7.63. The smallest absolute Gasteiger partial charge is 0.332 e. The topological polar surface area (TPSA) is 87.8 Å². The second-order valence-electron chi connectivity index (χ2n) is 3.44. The van der Waals surface area contributed by atoms with Gasteiger partial charge in [-0.1, -0.05) is 30.3 Å². The van der Waals surface area contributed by atoms with Crippen LogP contribution in [-0.4, -0.2) is 17.2 Å². The van der Waals surface area contributed by atoms with Crippen LogP contribution in [0, 0.1) is 4.91 Å². The lowest BCUT2D eigenvalue weighted by molar-refractivity contribution is 0.145. The molecule has 1 aromatic rings. The van der Waals surface area contributed by atoms with E-state index in [2.05, 4.69) is 10.7 Å². The summed E-state index contributed by atoms with van der Waals surface area (Å²) in [5.41, 5.74) is 8.10. The lowest BCUT2D eigenvalue weighted by atomic mass is 10.1. The minimum Gasteiger partial charge on any atom is -0.350 e. The van der Waals surface area contributed by atoms with Crippen molar-refractivity contribution >= 4 is 6.03 Å². The average Bonchev–Trinajstić information content (AvgIpc) is 2.26.